The Morgan fingerprint density at radius 2 is 1.44 bits per heavy atom. The minimum atomic E-state index is -2.25. The van der Waals surface area contributed by atoms with E-state index in [1.165, 1.54) is 31.8 Å². The maximum Gasteiger partial charge on any atom is 0.339 e. The van der Waals surface area contributed by atoms with Crippen LogP contribution in [0.5, 0.6) is 0 Å². The number of allylic oxidation sites excluding steroid dienone is 1. The van der Waals surface area contributed by atoms with Crippen LogP contribution in [0.3, 0.4) is 0 Å². The number of carboxylic acids is 1. The van der Waals surface area contributed by atoms with Gasteiger partial charge in [-0.15, -0.1) is 0 Å². The molecule has 1 heterocycles. The average Bonchev–Trinajstić information content (AvgIpc) is 3.34. The van der Waals surface area contributed by atoms with Crippen molar-refractivity contribution in [2.45, 2.75) is 167 Å². The van der Waals surface area contributed by atoms with E-state index in [2.05, 4.69) is 40.8 Å². The predicted molar refractivity (Wildman–Crippen MR) is 175 cm³/mol. The Kier molecular flexibility index (Phi) is 16.7. The van der Waals surface area contributed by atoms with Gasteiger partial charge in [0, 0.05) is 25.9 Å². The molecule has 0 aliphatic carbocycles. The molecular formula is C34H64O8Si. The van der Waals surface area contributed by atoms with Crippen LogP contribution in [0.4, 0.5) is 0 Å². The quantitative estimate of drug-likeness (QED) is 0.0567. The molecule has 0 aromatic heterocycles. The van der Waals surface area contributed by atoms with E-state index in [9.17, 15) is 19.8 Å². The molecule has 252 valence electrons. The lowest BCUT2D eigenvalue weighted by Gasteiger charge is -2.38. The molecule has 8 nitrogen and oxygen atoms in total. The van der Waals surface area contributed by atoms with E-state index in [0.29, 0.717) is 19.6 Å². The van der Waals surface area contributed by atoms with Crippen molar-refractivity contribution >= 4 is 20.3 Å². The van der Waals surface area contributed by atoms with Gasteiger partial charge in [-0.25, -0.2) is 4.79 Å². The van der Waals surface area contributed by atoms with Gasteiger partial charge in [-0.2, -0.15) is 0 Å². The van der Waals surface area contributed by atoms with Crippen LogP contribution < -0.4 is 0 Å². The van der Waals surface area contributed by atoms with Crippen LogP contribution in [-0.4, -0.2) is 67.3 Å². The number of unbranched alkanes of at least 4 members (excludes halogenated alkanes) is 8. The number of ether oxygens (including phenoxy) is 3. The standard InChI is InChI=1S/C34H64O8Si/c1-10-11-12-16-19-22-33(39-26-27-40-33)23-20-17-14-13-15-18-21-28(29(35)36)34(38,30(37)42-31(2,3)4)24-25-41-43(8,9)32(5,6)7/h18,21,28,38H,10-17,19-20,22-27H2,1-9H3,(H,35,36)/b21-18+/t28-,34-/m1/s1. The third-order valence-corrected chi connectivity index (χ3v) is 13.3. The number of hydrogen-bond donors (Lipinski definition) is 2. The number of aliphatic carboxylic acids is 1. The second kappa shape index (κ2) is 18.0. The van der Waals surface area contributed by atoms with Gasteiger partial charge < -0.3 is 28.8 Å². The second-order valence-corrected chi connectivity index (χ2v) is 19.6. The van der Waals surface area contributed by atoms with Crippen molar-refractivity contribution < 1.29 is 38.4 Å². The molecule has 1 saturated heterocycles. The molecule has 9 heteroatoms. The summed E-state index contributed by atoms with van der Waals surface area (Å²) in [6, 6.07) is 0. The monoisotopic (exact) mass is 628 g/mol. The summed E-state index contributed by atoms with van der Waals surface area (Å²) in [5.41, 5.74) is -3.12. The number of esters is 1. The number of aliphatic hydroxyl groups is 1. The van der Waals surface area contributed by atoms with E-state index in [0.717, 1.165) is 44.9 Å². The smallest absolute Gasteiger partial charge is 0.339 e. The fourth-order valence-electron chi connectivity index (χ4n) is 5.03. The molecule has 0 saturated carbocycles. The van der Waals surface area contributed by atoms with Crippen LogP contribution in [0, 0.1) is 5.92 Å². The van der Waals surface area contributed by atoms with Crippen LogP contribution in [0.1, 0.15) is 132 Å². The van der Waals surface area contributed by atoms with Gasteiger partial charge in [0.25, 0.3) is 0 Å². The number of carboxylic acid groups (broad SMARTS) is 1. The highest BCUT2D eigenvalue weighted by Gasteiger charge is 2.49. The first-order valence-electron chi connectivity index (χ1n) is 16.7. The van der Waals surface area contributed by atoms with Crippen molar-refractivity contribution in [3.63, 3.8) is 0 Å². The number of carbonyl (C=O) groups excluding carboxylic acids is 1. The molecule has 0 unspecified atom stereocenters. The van der Waals surface area contributed by atoms with Crippen molar-refractivity contribution in [2.75, 3.05) is 19.8 Å². The predicted octanol–water partition coefficient (Wildman–Crippen LogP) is 8.17. The van der Waals surface area contributed by atoms with E-state index in [1.807, 2.05) is 0 Å². The Balaban J connectivity index is 2.71. The molecule has 43 heavy (non-hydrogen) atoms. The van der Waals surface area contributed by atoms with E-state index < -0.39 is 43.2 Å². The summed E-state index contributed by atoms with van der Waals surface area (Å²) in [4.78, 5) is 25.5. The van der Waals surface area contributed by atoms with Crippen molar-refractivity contribution in [1.82, 2.24) is 0 Å². The summed E-state index contributed by atoms with van der Waals surface area (Å²) in [5, 5.41) is 21.6. The minimum Gasteiger partial charge on any atom is -0.481 e. The van der Waals surface area contributed by atoms with E-state index in [-0.39, 0.29) is 18.1 Å². The lowest BCUT2D eigenvalue weighted by molar-refractivity contribution is -0.187. The highest BCUT2D eigenvalue weighted by atomic mass is 28.4. The third kappa shape index (κ3) is 14.1. The summed E-state index contributed by atoms with van der Waals surface area (Å²) < 4.78 is 23.8. The van der Waals surface area contributed by atoms with Crippen LogP contribution in [-0.2, 0) is 28.2 Å². The zero-order valence-corrected chi connectivity index (χ0v) is 29.9. The maximum atomic E-state index is 13.2. The fourth-order valence-corrected chi connectivity index (χ4v) is 6.07. The summed E-state index contributed by atoms with van der Waals surface area (Å²) >= 11 is 0. The van der Waals surface area contributed by atoms with Crippen LogP contribution in [0.2, 0.25) is 18.1 Å². The Bertz CT molecular complexity index is 851. The topological polar surface area (TPSA) is 112 Å². The Hall–Kier alpha value is -1.26. The van der Waals surface area contributed by atoms with Crippen LogP contribution >= 0.6 is 0 Å². The van der Waals surface area contributed by atoms with Crippen LogP contribution in [0.25, 0.3) is 0 Å². The van der Waals surface area contributed by atoms with Gasteiger partial charge in [-0.3, -0.25) is 4.79 Å². The molecule has 0 radical (unpaired) electrons. The molecule has 0 bridgehead atoms. The third-order valence-electron chi connectivity index (χ3n) is 8.77. The molecule has 0 amide bonds. The minimum absolute atomic E-state index is 0.0604. The van der Waals surface area contributed by atoms with Crippen LogP contribution in [0.15, 0.2) is 12.2 Å². The van der Waals surface area contributed by atoms with Gasteiger partial charge in [-0.05, 0) is 64.6 Å². The largest absolute Gasteiger partial charge is 0.481 e. The molecule has 1 fully saturated rings. The lowest BCUT2D eigenvalue weighted by Crippen LogP contribution is -2.52. The first-order chi connectivity index (χ1) is 19.9. The molecule has 1 aliphatic rings. The maximum absolute atomic E-state index is 13.2. The Morgan fingerprint density at radius 1 is 0.907 bits per heavy atom. The first-order valence-corrected chi connectivity index (χ1v) is 19.6. The summed E-state index contributed by atoms with van der Waals surface area (Å²) in [6.07, 6.45) is 15.6. The van der Waals surface area contributed by atoms with Gasteiger partial charge in [0.2, 0.25) is 0 Å². The normalized spacial score (nSPS) is 18.1. The molecule has 0 spiro atoms. The van der Waals surface area contributed by atoms with E-state index in [1.54, 1.807) is 26.8 Å². The van der Waals surface area contributed by atoms with Gasteiger partial charge >= 0.3 is 11.9 Å². The first kappa shape index (κ1) is 39.8. The molecule has 1 rings (SSSR count). The summed E-state index contributed by atoms with van der Waals surface area (Å²) in [6.45, 7) is 19.2. The van der Waals surface area contributed by atoms with Gasteiger partial charge in [0.05, 0.1) is 13.2 Å². The van der Waals surface area contributed by atoms with Crippen molar-refractivity contribution in [2.24, 2.45) is 5.92 Å². The summed E-state index contributed by atoms with van der Waals surface area (Å²) in [5.74, 6) is -4.07. The Morgan fingerprint density at radius 3 is 1.93 bits per heavy atom. The molecule has 0 aromatic carbocycles. The van der Waals surface area contributed by atoms with Gasteiger partial charge in [0.1, 0.15) is 11.5 Å². The fraction of sp³-hybridized carbons (Fsp3) is 0.882. The molecule has 2 atom stereocenters. The second-order valence-electron chi connectivity index (χ2n) is 14.8. The molecule has 2 N–H and O–H groups in total. The Labute approximate surface area is 263 Å². The zero-order valence-electron chi connectivity index (χ0n) is 28.9. The van der Waals surface area contributed by atoms with Gasteiger partial charge in [-0.1, -0.05) is 78.4 Å². The van der Waals surface area contributed by atoms with Crippen molar-refractivity contribution in [3.05, 3.63) is 12.2 Å². The van der Waals surface area contributed by atoms with E-state index >= 15 is 0 Å². The van der Waals surface area contributed by atoms with E-state index in [4.69, 9.17) is 18.6 Å². The highest BCUT2D eigenvalue weighted by molar-refractivity contribution is 6.74. The highest BCUT2D eigenvalue weighted by Crippen LogP contribution is 2.37. The number of carbonyl (C=O) groups is 2. The average molecular weight is 629 g/mol. The number of hydrogen-bond acceptors (Lipinski definition) is 7. The molecular weight excluding hydrogens is 564 g/mol. The number of rotatable bonds is 21. The lowest BCUT2D eigenvalue weighted by atomic mass is 9.83. The molecule has 0 aromatic rings. The van der Waals surface area contributed by atoms with Crippen molar-refractivity contribution in [3.8, 4) is 0 Å². The SMILES string of the molecule is CCCCCCCC1(CCCCCC/C=C/[C@H](C(=O)O)[C@](O)(CCO[Si](C)(C)C(C)(C)C)C(=O)OC(C)(C)C)OCCO1. The zero-order chi connectivity index (χ0) is 32.8. The van der Waals surface area contributed by atoms with Gasteiger partial charge in [0.15, 0.2) is 19.7 Å². The molecule has 1 aliphatic heterocycles. The van der Waals surface area contributed by atoms with Crippen molar-refractivity contribution in [1.29, 1.82) is 0 Å². The summed E-state index contributed by atoms with van der Waals surface area (Å²) in [7, 11) is -2.17.